The zero-order valence-electron chi connectivity index (χ0n) is 44.0. The first kappa shape index (κ1) is 49.6. The first-order valence-corrected chi connectivity index (χ1v) is 29.8. The largest absolute Gasteiger partial charge is 0.454 e. The van der Waals surface area contributed by atoms with E-state index >= 15 is 4.79 Å². The number of aldehydes is 1. The second kappa shape index (κ2) is 17.7. The van der Waals surface area contributed by atoms with Crippen LogP contribution in [0, 0.1) is 99.1 Å². The van der Waals surface area contributed by atoms with Gasteiger partial charge in [0.1, 0.15) is 23.6 Å². The summed E-state index contributed by atoms with van der Waals surface area (Å²) in [6.45, 7) is -0.132. The van der Waals surface area contributed by atoms with Crippen molar-refractivity contribution in [3.63, 3.8) is 0 Å². The number of esters is 1. The fourth-order valence-corrected chi connectivity index (χ4v) is 22.7. The number of aliphatic hydroxyl groups excluding tert-OH is 3. The van der Waals surface area contributed by atoms with Crippen molar-refractivity contribution >= 4 is 12.3 Å². The Morgan fingerprint density at radius 2 is 1.61 bits per heavy atom. The van der Waals surface area contributed by atoms with E-state index in [4.69, 9.17) is 4.74 Å². The van der Waals surface area contributed by atoms with Gasteiger partial charge in [-0.15, -0.1) is 0 Å². The van der Waals surface area contributed by atoms with Crippen molar-refractivity contribution in [2.24, 2.45) is 87.3 Å². The van der Waals surface area contributed by atoms with Crippen LogP contribution in [0.3, 0.4) is 0 Å². The molecule has 10 heteroatoms. The lowest BCUT2D eigenvalue weighted by Gasteiger charge is -2.75. The highest BCUT2D eigenvalue weighted by Crippen LogP contribution is 2.80. The number of fused-ring (bicyclic) bond motifs is 9. The van der Waals surface area contributed by atoms with Gasteiger partial charge in [-0.05, 0) is 185 Å². The van der Waals surface area contributed by atoms with Crippen molar-refractivity contribution in [1.82, 2.24) is 5.32 Å². The van der Waals surface area contributed by atoms with E-state index in [0.29, 0.717) is 68.6 Å². The number of allylic oxidation sites excluding steroid dienone is 2. The zero-order valence-corrected chi connectivity index (χ0v) is 44.0. The highest BCUT2D eigenvalue weighted by molar-refractivity contribution is 5.86. The van der Waals surface area contributed by atoms with E-state index in [-0.39, 0.29) is 67.4 Å². The van der Waals surface area contributed by atoms with Crippen molar-refractivity contribution in [3.8, 4) is 11.8 Å². The Kier molecular flexibility index (Phi) is 11.7. The monoisotopic (exact) mass is 1020 g/mol. The molecule has 12 aliphatic carbocycles. The molecule has 0 amide bonds. The molecule has 2 aromatic rings. The van der Waals surface area contributed by atoms with Crippen LogP contribution in [0.2, 0.25) is 0 Å². The Hall–Kier alpha value is -3.66. The molecule has 2 aromatic carbocycles. The van der Waals surface area contributed by atoms with Crippen molar-refractivity contribution in [3.05, 3.63) is 94.6 Å². The molecule has 9 saturated carbocycles. The Balaban J connectivity index is 0.941. The molecule has 1 aliphatic heterocycles. The number of nitrogens with one attached hydrogen (secondary N) is 1. The summed E-state index contributed by atoms with van der Waals surface area (Å²) in [4.78, 5) is 29.2. The lowest BCUT2D eigenvalue weighted by atomic mass is 9.32. The van der Waals surface area contributed by atoms with E-state index in [1.54, 1.807) is 6.08 Å². The van der Waals surface area contributed by atoms with Crippen LogP contribution >= 0.6 is 0 Å². The second-order valence-electron chi connectivity index (χ2n) is 27.3. The third-order valence-electron chi connectivity index (χ3n) is 25.4. The molecule has 0 radical (unpaired) electrons. The average Bonchev–Trinajstić information content (AvgIpc) is 4.06. The molecule has 4 bridgehead atoms. The standard InChI is InChI=1S/C65H81NO9/c1-66-53-31-46-39(16-9-18-43(46)34-67)15-7-8-24-61-26-23-54-62(36-68)35-60(25-22-42-27-40(20-21-50(42)60)37-11-3-2-4-12-37)58(70)51-29-41-17-10-19-45(38-13-5-6-14-38)47(41)30-52(64(51,62)73)59(71)65(54,74)63(61,72)33-44-28-48(53)57-49(56(44)61)32-55(69)75-57/h2-4,9-12,16-18,32,36,38,40-42,44-45,47-48,50-54,56-59,66-67,70-74H,5-6,8,13-14,19-31,33-35H2,1H3. The van der Waals surface area contributed by atoms with Crippen molar-refractivity contribution in [2.45, 2.75) is 182 Å². The van der Waals surface area contributed by atoms with Gasteiger partial charge in [0.2, 0.25) is 0 Å². The third kappa shape index (κ3) is 6.47. The summed E-state index contributed by atoms with van der Waals surface area (Å²) in [6, 6.07) is 16.5. The van der Waals surface area contributed by atoms with Crippen molar-refractivity contribution in [2.75, 3.05) is 7.05 Å². The van der Waals surface area contributed by atoms with Gasteiger partial charge in [0.15, 0.2) is 0 Å². The topological polar surface area (TPSA) is 177 Å². The number of benzene rings is 2. The number of ether oxygens (including phenoxy) is 1. The van der Waals surface area contributed by atoms with Crippen LogP contribution in [0.15, 0.2) is 72.3 Å². The van der Waals surface area contributed by atoms with Gasteiger partial charge in [-0.25, -0.2) is 4.79 Å². The van der Waals surface area contributed by atoms with Crippen LogP contribution in [0.1, 0.15) is 150 Å². The first-order chi connectivity index (χ1) is 36.3. The molecule has 10 nitrogen and oxygen atoms in total. The van der Waals surface area contributed by atoms with E-state index in [2.05, 4.69) is 59.6 Å². The van der Waals surface area contributed by atoms with Gasteiger partial charge in [0.05, 0.1) is 29.8 Å². The van der Waals surface area contributed by atoms with E-state index < -0.39 is 75.1 Å². The minimum Gasteiger partial charge on any atom is -0.454 e. The van der Waals surface area contributed by atoms with Crippen LogP contribution < -0.4 is 5.32 Å². The normalized spacial score (nSPS) is 50.1. The van der Waals surface area contributed by atoms with Crippen LogP contribution in [0.25, 0.3) is 0 Å². The molecule has 13 aliphatic rings. The molecule has 400 valence electrons. The SMILES string of the molecule is CNC1Cc2c(cccc2CO)C#CCCC23CCC4C5(C=O)CC6(CCC7CC(c8ccccc8)CCC76)C(O)C6CC7C=CCC(C8CCCC8)C7CC(C(O)C4(O)C2(O)CC2CC1C1OC(=O)C=C1C23)C65O. The smallest absolute Gasteiger partial charge is 0.331 e. The minimum absolute atomic E-state index is 0.0288. The second-order valence-corrected chi connectivity index (χ2v) is 27.3. The number of likely N-dealkylation sites (N-methyl/N-ethyl adjacent to an activating group) is 1. The first-order valence-electron chi connectivity index (χ1n) is 29.8. The van der Waals surface area contributed by atoms with Gasteiger partial charge < -0.3 is 45.5 Å². The maximum Gasteiger partial charge on any atom is 0.331 e. The number of carbonyl (C=O) groups is 2. The zero-order chi connectivity index (χ0) is 51.4. The van der Waals surface area contributed by atoms with E-state index in [1.165, 1.54) is 18.4 Å². The number of hydrogen-bond donors (Lipinski definition) is 7. The maximum atomic E-state index is 15.4. The van der Waals surface area contributed by atoms with Crippen LogP contribution in [0.5, 0.6) is 0 Å². The molecule has 0 saturated heterocycles. The van der Waals surface area contributed by atoms with Crippen LogP contribution in [-0.2, 0) is 27.4 Å². The predicted molar refractivity (Wildman–Crippen MR) is 282 cm³/mol. The van der Waals surface area contributed by atoms with E-state index in [1.807, 2.05) is 25.2 Å². The Bertz CT molecular complexity index is 2740. The molecule has 15 rings (SSSR count). The number of carbonyl (C=O) groups excluding carboxylic acids is 2. The quantitative estimate of drug-likeness (QED) is 0.0676. The molecule has 9 fully saturated rings. The van der Waals surface area contributed by atoms with Gasteiger partial charge in [-0.2, -0.15) is 0 Å². The molecule has 0 aromatic heterocycles. The fourth-order valence-electron chi connectivity index (χ4n) is 22.7. The molecule has 1 heterocycles. The highest BCUT2D eigenvalue weighted by Gasteiger charge is 2.87. The van der Waals surface area contributed by atoms with Gasteiger partial charge in [-0.1, -0.05) is 92.1 Å². The molecule has 2 spiro atoms. The summed E-state index contributed by atoms with van der Waals surface area (Å²) < 4.78 is 6.37. The van der Waals surface area contributed by atoms with Gasteiger partial charge >= 0.3 is 5.97 Å². The summed E-state index contributed by atoms with van der Waals surface area (Å²) in [5.41, 5.74) is -4.60. The Morgan fingerprint density at radius 1 is 0.800 bits per heavy atom. The predicted octanol–water partition coefficient (Wildman–Crippen LogP) is 7.88. The lowest BCUT2D eigenvalue weighted by Crippen LogP contribution is -2.86. The molecule has 22 atom stereocenters. The summed E-state index contributed by atoms with van der Waals surface area (Å²) in [7, 11) is 1.93. The lowest BCUT2D eigenvalue weighted by molar-refractivity contribution is -0.385. The fraction of sp³-hybridized carbons (Fsp3) is 0.692. The number of aliphatic hydroxyl groups is 6. The highest BCUT2D eigenvalue weighted by atomic mass is 16.5. The third-order valence-corrected chi connectivity index (χ3v) is 25.4. The van der Waals surface area contributed by atoms with Gasteiger partial charge in [-0.3, -0.25) is 0 Å². The molecular weight excluding hydrogens is 939 g/mol. The molecule has 7 N–H and O–H groups in total. The maximum absolute atomic E-state index is 15.4. The van der Waals surface area contributed by atoms with Gasteiger partial charge in [0, 0.05) is 58.6 Å². The summed E-state index contributed by atoms with van der Waals surface area (Å²) in [5.74, 6) is 4.85. The molecule has 75 heavy (non-hydrogen) atoms. The van der Waals surface area contributed by atoms with E-state index in [0.717, 1.165) is 79.9 Å². The van der Waals surface area contributed by atoms with Crippen LogP contribution in [-0.4, -0.2) is 91.1 Å². The van der Waals surface area contributed by atoms with Crippen LogP contribution in [0.4, 0.5) is 0 Å². The van der Waals surface area contributed by atoms with Gasteiger partial charge in [0.25, 0.3) is 0 Å². The number of hydrogen-bond acceptors (Lipinski definition) is 10. The van der Waals surface area contributed by atoms with Crippen molar-refractivity contribution in [1.29, 1.82) is 0 Å². The summed E-state index contributed by atoms with van der Waals surface area (Å²) >= 11 is 0. The molecule has 22 unspecified atom stereocenters. The Labute approximate surface area is 443 Å². The van der Waals surface area contributed by atoms with E-state index in [9.17, 15) is 35.4 Å². The molecular formula is C65H81NO9. The summed E-state index contributed by atoms with van der Waals surface area (Å²) in [5, 5.41) is 86.3. The average molecular weight is 1020 g/mol. The Morgan fingerprint density at radius 3 is 2.40 bits per heavy atom. The summed E-state index contributed by atoms with van der Waals surface area (Å²) in [6.07, 6.45) is 18.3. The van der Waals surface area contributed by atoms with Crippen molar-refractivity contribution < 1.29 is 45.0 Å². The minimum atomic E-state index is -2.24. The number of rotatable bonds is 5.